The molecule has 2 heterocycles. The fourth-order valence-corrected chi connectivity index (χ4v) is 2.59. The summed E-state index contributed by atoms with van der Waals surface area (Å²) in [5.74, 6) is 0.749. The minimum Gasteiger partial charge on any atom is -0.232 e. The van der Waals surface area contributed by atoms with Crippen LogP contribution < -0.4 is 0 Å². The summed E-state index contributed by atoms with van der Waals surface area (Å²) in [6.07, 6.45) is 0. The van der Waals surface area contributed by atoms with Gasteiger partial charge in [-0.05, 0) is 41.1 Å². The van der Waals surface area contributed by atoms with Crippen LogP contribution in [0.1, 0.15) is 5.82 Å². The van der Waals surface area contributed by atoms with Crippen LogP contribution in [0.4, 0.5) is 0 Å². The lowest BCUT2D eigenvalue weighted by atomic mass is 10.3. The number of thiophene rings is 1. The van der Waals surface area contributed by atoms with Crippen LogP contribution in [0.15, 0.2) is 22.8 Å². The predicted octanol–water partition coefficient (Wildman–Crippen LogP) is 3.93. The van der Waals surface area contributed by atoms with Gasteiger partial charge in [-0.25, -0.2) is 9.97 Å². The van der Waals surface area contributed by atoms with Crippen molar-refractivity contribution in [2.24, 2.45) is 0 Å². The number of aromatic nitrogens is 2. The molecular weight excluding hydrogens is 284 g/mol. The number of aryl methyl sites for hydroxylation is 1. The topological polar surface area (TPSA) is 25.8 Å². The number of halogens is 2. The fraction of sp³-hybridized carbons (Fsp3) is 0.111. The molecular formula is C9H6BrClN2S. The molecule has 0 aliphatic rings. The molecule has 0 saturated carbocycles. The van der Waals surface area contributed by atoms with E-state index < -0.39 is 0 Å². The van der Waals surface area contributed by atoms with E-state index in [-0.39, 0.29) is 0 Å². The second-order valence-corrected chi connectivity index (χ2v) is 5.25. The highest BCUT2D eigenvalue weighted by atomic mass is 79.9. The molecule has 2 aromatic rings. The Labute approximate surface area is 99.1 Å². The molecule has 14 heavy (non-hydrogen) atoms. The standard InChI is InChI=1S/C9H6BrClN2S/c1-5-12-6(4-8(10)13-5)7-2-3-9(11)14-7/h2-4H,1H3. The molecule has 2 rings (SSSR count). The van der Waals surface area contributed by atoms with Crippen LogP contribution in [0.25, 0.3) is 10.6 Å². The molecule has 0 saturated heterocycles. The van der Waals surface area contributed by atoms with E-state index in [0.717, 1.165) is 25.3 Å². The Bertz CT molecular complexity index is 449. The van der Waals surface area contributed by atoms with Crippen LogP contribution in [0, 0.1) is 6.92 Å². The van der Waals surface area contributed by atoms with Crippen molar-refractivity contribution >= 4 is 38.9 Å². The zero-order valence-corrected chi connectivity index (χ0v) is 10.4. The number of hydrogen-bond donors (Lipinski definition) is 0. The molecule has 0 radical (unpaired) electrons. The van der Waals surface area contributed by atoms with E-state index in [4.69, 9.17) is 11.6 Å². The molecule has 0 aliphatic heterocycles. The molecule has 0 spiro atoms. The van der Waals surface area contributed by atoms with Crippen LogP contribution in [-0.2, 0) is 0 Å². The van der Waals surface area contributed by atoms with Gasteiger partial charge < -0.3 is 0 Å². The van der Waals surface area contributed by atoms with Crippen LogP contribution >= 0.6 is 38.9 Å². The van der Waals surface area contributed by atoms with Gasteiger partial charge in [-0.1, -0.05) is 11.6 Å². The predicted molar refractivity (Wildman–Crippen MR) is 62.8 cm³/mol. The lowest BCUT2D eigenvalue weighted by molar-refractivity contribution is 1.04. The SMILES string of the molecule is Cc1nc(Br)cc(-c2ccc(Cl)s2)n1. The lowest BCUT2D eigenvalue weighted by Gasteiger charge is -1.98. The number of nitrogens with zero attached hydrogens (tertiary/aromatic N) is 2. The summed E-state index contributed by atoms with van der Waals surface area (Å²) in [5, 5.41) is 0. The molecule has 0 unspecified atom stereocenters. The highest BCUT2D eigenvalue weighted by Gasteiger charge is 2.05. The first-order valence-corrected chi connectivity index (χ1v) is 5.91. The van der Waals surface area contributed by atoms with E-state index in [2.05, 4.69) is 25.9 Å². The van der Waals surface area contributed by atoms with Gasteiger partial charge in [-0.15, -0.1) is 11.3 Å². The maximum Gasteiger partial charge on any atom is 0.127 e. The Morgan fingerprint density at radius 2 is 2.14 bits per heavy atom. The van der Waals surface area contributed by atoms with Crippen molar-refractivity contribution in [3.63, 3.8) is 0 Å². The zero-order chi connectivity index (χ0) is 10.1. The first kappa shape index (κ1) is 10.1. The van der Waals surface area contributed by atoms with Gasteiger partial charge in [-0.3, -0.25) is 0 Å². The summed E-state index contributed by atoms with van der Waals surface area (Å²) in [6, 6.07) is 5.71. The van der Waals surface area contributed by atoms with E-state index in [0.29, 0.717) is 0 Å². The van der Waals surface area contributed by atoms with E-state index in [1.54, 1.807) is 0 Å². The van der Waals surface area contributed by atoms with Gasteiger partial charge in [0.05, 0.1) is 14.9 Å². The molecule has 0 aromatic carbocycles. The van der Waals surface area contributed by atoms with E-state index in [1.807, 2.05) is 25.1 Å². The van der Waals surface area contributed by atoms with E-state index in [9.17, 15) is 0 Å². The molecule has 0 aliphatic carbocycles. The minimum atomic E-state index is 0.749. The quantitative estimate of drug-likeness (QED) is 0.743. The van der Waals surface area contributed by atoms with Gasteiger partial charge in [0.2, 0.25) is 0 Å². The molecule has 2 nitrogen and oxygen atoms in total. The molecule has 2 aromatic heterocycles. The van der Waals surface area contributed by atoms with Gasteiger partial charge in [0, 0.05) is 0 Å². The summed E-state index contributed by atoms with van der Waals surface area (Å²) < 4.78 is 1.57. The fourth-order valence-electron chi connectivity index (χ4n) is 1.11. The Hall–Kier alpha value is -0.450. The van der Waals surface area contributed by atoms with Crippen molar-refractivity contribution in [1.82, 2.24) is 9.97 Å². The third-order valence-corrected chi connectivity index (χ3v) is 3.29. The van der Waals surface area contributed by atoms with Crippen molar-refractivity contribution in [2.45, 2.75) is 6.92 Å². The largest absolute Gasteiger partial charge is 0.232 e. The molecule has 0 bridgehead atoms. The first-order chi connectivity index (χ1) is 6.65. The third kappa shape index (κ3) is 2.13. The van der Waals surface area contributed by atoms with Crippen molar-refractivity contribution in [3.8, 4) is 10.6 Å². The molecule has 0 fully saturated rings. The third-order valence-electron chi connectivity index (χ3n) is 1.63. The maximum atomic E-state index is 5.85. The summed E-state index contributed by atoms with van der Waals surface area (Å²) in [7, 11) is 0. The Kier molecular flexibility index (Phi) is 2.85. The smallest absolute Gasteiger partial charge is 0.127 e. The zero-order valence-electron chi connectivity index (χ0n) is 7.29. The van der Waals surface area contributed by atoms with Gasteiger partial charge in [0.25, 0.3) is 0 Å². The van der Waals surface area contributed by atoms with Crippen LogP contribution in [-0.4, -0.2) is 9.97 Å². The van der Waals surface area contributed by atoms with Gasteiger partial charge >= 0.3 is 0 Å². The molecule has 0 amide bonds. The van der Waals surface area contributed by atoms with Crippen LogP contribution in [0.2, 0.25) is 4.34 Å². The lowest BCUT2D eigenvalue weighted by Crippen LogP contribution is -1.89. The number of hydrogen-bond acceptors (Lipinski definition) is 3. The minimum absolute atomic E-state index is 0.749. The monoisotopic (exact) mass is 288 g/mol. The maximum absolute atomic E-state index is 5.85. The molecule has 0 N–H and O–H groups in total. The van der Waals surface area contributed by atoms with Crippen LogP contribution in [0.5, 0.6) is 0 Å². The second kappa shape index (κ2) is 3.96. The highest BCUT2D eigenvalue weighted by molar-refractivity contribution is 9.10. The van der Waals surface area contributed by atoms with E-state index in [1.165, 1.54) is 11.3 Å². The second-order valence-electron chi connectivity index (χ2n) is 2.73. The number of rotatable bonds is 1. The summed E-state index contributed by atoms with van der Waals surface area (Å²) >= 11 is 10.7. The average Bonchev–Trinajstić information content (AvgIpc) is 2.50. The summed E-state index contributed by atoms with van der Waals surface area (Å²) in [5.41, 5.74) is 0.904. The van der Waals surface area contributed by atoms with Gasteiger partial charge in [0.1, 0.15) is 10.4 Å². The van der Waals surface area contributed by atoms with Gasteiger partial charge in [-0.2, -0.15) is 0 Å². The van der Waals surface area contributed by atoms with Crippen molar-refractivity contribution in [3.05, 3.63) is 33.0 Å². The average molecular weight is 290 g/mol. The normalized spacial score (nSPS) is 10.5. The summed E-state index contributed by atoms with van der Waals surface area (Å²) in [4.78, 5) is 9.53. The van der Waals surface area contributed by atoms with Crippen molar-refractivity contribution < 1.29 is 0 Å². The van der Waals surface area contributed by atoms with Crippen LogP contribution in [0.3, 0.4) is 0 Å². The molecule has 5 heteroatoms. The Balaban J connectivity index is 2.51. The Morgan fingerprint density at radius 1 is 1.36 bits per heavy atom. The van der Waals surface area contributed by atoms with E-state index >= 15 is 0 Å². The first-order valence-electron chi connectivity index (χ1n) is 3.92. The highest BCUT2D eigenvalue weighted by Crippen LogP contribution is 2.30. The Morgan fingerprint density at radius 3 is 2.71 bits per heavy atom. The van der Waals surface area contributed by atoms with Gasteiger partial charge in [0.15, 0.2) is 0 Å². The van der Waals surface area contributed by atoms with Crippen molar-refractivity contribution in [1.29, 1.82) is 0 Å². The molecule has 0 atom stereocenters. The molecule has 72 valence electrons. The summed E-state index contributed by atoms with van der Waals surface area (Å²) in [6.45, 7) is 1.86. The van der Waals surface area contributed by atoms with Crippen molar-refractivity contribution in [2.75, 3.05) is 0 Å².